The molecule has 100 valence electrons. The Labute approximate surface area is 116 Å². The van der Waals surface area contributed by atoms with Crippen molar-refractivity contribution in [2.45, 2.75) is 26.7 Å². The predicted molar refractivity (Wildman–Crippen MR) is 74.1 cm³/mol. The number of halogens is 1. The van der Waals surface area contributed by atoms with Crippen LogP contribution in [0.2, 0.25) is 5.02 Å². The van der Waals surface area contributed by atoms with Gasteiger partial charge in [0.05, 0.1) is 22.3 Å². The molecule has 1 unspecified atom stereocenters. The summed E-state index contributed by atoms with van der Waals surface area (Å²) in [6.45, 7) is 5.34. The number of rotatable bonds is 3. The second-order valence-electron chi connectivity index (χ2n) is 4.51. The lowest BCUT2D eigenvalue weighted by Gasteiger charge is -2.09. The number of aromatic nitrogens is 2. The third-order valence-corrected chi connectivity index (χ3v) is 3.55. The molecule has 0 aliphatic rings. The number of aliphatic carboxylic acids is 1. The van der Waals surface area contributed by atoms with E-state index < -0.39 is 11.9 Å². The minimum Gasteiger partial charge on any atom is -0.481 e. The normalized spacial score (nSPS) is 12.4. The van der Waals surface area contributed by atoms with Gasteiger partial charge in [-0.15, -0.1) is 0 Å². The lowest BCUT2D eigenvalue weighted by atomic mass is 9.99. The molecule has 2 rings (SSSR count). The van der Waals surface area contributed by atoms with E-state index in [0.29, 0.717) is 10.7 Å². The van der Waals surface area contributed by atoms with Crippen molar-refractivity contribution in [3.05, 3.63) is 46.2 Å². The predicted octanol–water partition coefficient (Wildman–Crippen LogP) is 3.33. The van der Waals surface area contributed by atoms with Crippen molar-refractivity contribution in [3.63, 3.8) is 0 Å². The Morgan fingerprint density at radius 2 is 2.00 bits per heavy atom. The van der Waals surface area contributed by atoms with Crippen LogP contribution in [0.25, 0.3) is 5.69 Å². The van der Waals surface area contributed by atoms with Gasteiger partial charge in [-0.25, -0.2) is 4.68 Å². The van der Waals surface area contributed by atoms with Gasteiger partial charge in [0.1, 0.15) is 0 Å². The molecule has 0 aliphatic carbocycles. The maximum atomic E-state index is 11.2. The van der Waals surface area contributed by atoms with Crippen LogP contribution in [0.5, 0.6) is 0 Å². The van der Waals surface area contributed by atoms with Gasteiger partial charge in [0.25, 0.3) is 0 Å². The molecule has 4 nitrogen and oxygen atoms in total. The van der Waals surface area contributed by atoms with Crippen LogP contribution in [0.3, 0.4) is 0 Å². The summed E-state index contributed by atoms with van der Waals surface area (Å²) in [5, 5.41) is 14.2. The molecule has 0 fully saturated rings. The van der Waals surface area contributed by atoms with Gasteiger partial charge in [0, 0.05) is 11.3 Å². The fraction of sp³-hybridized carbons (Fsp3) is 0.286. The van der Waals surface area contributed by atoms with Crippen LogP contribution in [0, 0.1) is 13.8 Å². The summed E-state index contributed by atoms with van der Waals surface area (Å²) in [5.41, 5.74) is 3.02. The minimum absolute atomic E-state index is 0.586. The Bertz CT molecular complexity index is 634. The molecule has 0 saturated heterocycles. The average Bonchev–Trinajstić information content (AvgIpc) is 2.64. The van der Waals surface area contributed by atoms with Crippen molar-refractivity contribution in [3.8, 4) is 5.69 Å². The van der Waals surface area contributed by atoms with Crippen molar-refractivity contribution in [2.24, 2.45) is 0 Å². The Balaban J connectivity index is 2.60. The number of nitrogens with zero attached hydrogens (tertiary/aromatic N) is 2. The van der Waals surface area contributed by atoms with E-state index in [1.807, 2.05) is 32.0 Å². The molecule has 0 bridgehead atoms. The summed E-state index contributed by atoms with van der Waals surface area (Å²) in [7, 11) is 0. The number of aryl methyl sites for hydroxylation is 1. The fourth-order valence-corrected chi connectivity index (χ4v) is 2.48. The van der Waals surface area contributed by atoms with Gasteiger partial charge in [-0.3, -0.25) is 4.79 Å². The van der Waals surface area contributed by atoms with Crippen LogP contribution in [-0.4, -0.2) is 20.9 Å². The van der Waals surface area contributed by atoms with Gasteiger partial charge >= 0.3 is 5.97 Å². The van der Waals surface area contributed by atoms with Crippen molar-refractivity contribution >= 4 is 17.6 Å². The molecule has 0 spiro atoms. The quantitative estimate of drug-likeness (QED) is 0.937. The number of carboxylic acids is 1. The molecule has 1 aromatic heterocycles. The third kappa shape index (κ3) is 2.36. The first-order valence-corrected chi connectivity index (χ1v) is 6.35. The molecular formula is C14H15ClN2O2. The number of benzene rings is 1. The van der Waals surface area contributed by atoms with E-state index in [9.17, 15) is 4.79 Å². The lowest BCUT2D eigenvalue weighted by Crippen LogP contribution is -2.09. The number of hydrogen-bond acceptors (Lipinski definition) is 2. The van der Waals surface area contributed by atoms with Gasteiger partial charge in [-0.2, -0.15) is 5.10 Å². The van der Waals surface area contributed by atoms with Crippen molar-refractivity contribution in [1.82, 2.24) is 9.78 Å². The van der Waals surface area contributed by atoms with Crippen molar-refractivity contribution in [1.29, 1.82) is 0 Å². The minimum atomic E-state index is -0.857. The van der Waals surface area contributed by atoms with E-state index in [0.717, 1.165) is 16.9 Å². The molecule has 1 heterocycles. The summed E-state index contributed by atoms with van der Waals surface area (Å²) in [6, 6.07) is 7.36. The summed E-state index contributed by atoms with van der Waals surface area (Å²) in [6.07, 6.45) is 0. The summed E-state index contributed by atoms with van der Waals surface area (Å²) in [5.74, 6) is -1.44. The van der Waals surface area contributed by atoms with Crippen molar-refractivity contribution < 1.29 is 9.90 Å². The van der Waals surface area contributed by atoms with E-state index in [2.05, 4.69) is 5.10 Å². The van der Waals surface area contributed by atoms with Crippen LogP contribution in [0.1, 0.15) is 29.8 Å². The molecule has 2 aromatic rings. The molecule has 1 atom stereocenters. The second kappa shape index (κ2) is 5.05. The summed E-state index contributed by atoms with van der Waals surface area (Å²) in [4.78, 5) is 11.2. The molecule has 0 amide bonds. The lowest BCUT2D eigenvalue weighted by molar-refractivity contribution is -0.138. The maximum Gasteiger partial charge on any atom is 0.310 e. The Morgan fingerprint density at radius 1 is 1.37 bits per heavy atom. The van der Waals surface area contributed by atoms with E-state index in [1.165, 1.54) is 0 Å². The average molecular weight is 279 g/mol. The number of carbonyl (C=O) groups is 1. The summed E-state index contributed by atoms with van der Waals surface area (Å²) < 4.78 is 1.70. The second-order valence-corrected chi connectivity index (χ2v) is 4.91. The smallest absolute Gasteiger partial charge is 0.310 e. The van der Waals surface area contributed by atoms with Gasteiger partial charge < -0.3 is 5.11 Å². The molecule has 0 radical (unpaired) electrons. The maximum absolute atomic E-state index is 11.2. The zero-order valence-electron chi connectivity index (χ0n) is 11.0. The zero-order valence-corrected chi connectivity index (χ0v) is 11.8. The molecule has 1 N–H and O–H groups in total. The fourth-order valence-electron chi connectivity index (χ4n) is 2.26. The van der Waals surface area contributed by atoms with E-state index in [4.69, 9.17) is 16.7 Å². The zero-order chi connectivity index (χ0) is 14.2. The highest BCUT2D eigenvalue weighted by Gasteiger charge is 2.23. The Kier molecular flexibility index (Phi) is 3.62. The third-order valence-electron chi connectivity index (χ3n) is 3.23. The Morgan fingerprint density at radius 3 is 2.58 bits per heavy atom. The van der Waals surface area contributed by atoms with Gasteiger partial charge in [0.2, 0.25) is 0 Å². The highest BCUT2D eigenvalue weighted by molar-refractivity contribution is 6.32. The molecule has 0 aliphatic heterocycles. The van der Waals surface area contributed by atoms with Gasteiger partial charge in [0.15, 0.2) is 0 Å². The van der Waals surface area contributed by atoms with Crippen LogP contribution < -0.4 is 0 Å². The molecule has 0 saturated carbocycles. The standard InChI is InChI=1S/C14H15ClN2O2/c1-8(14(18)19)13-9(2)16-17(10(13)3)12-7-5-4-6-11(12)15/h4-8H,1-3H3,(H,18,19). The number of para-hydroxylation sites is 1. The monoisotopic (exact) mass is 278 g/mol. The summed E-state index contributed by atoms with van der Waals surface area (Å²) >= 11 is 6.16. The first kappa shape index (κ1) is 13.6. The number of carboxylic acid groups (broad SMARTS) is 1. The highest BCUT2D eigenvalue weighted by atomic mass is 35.5. The first-order chi connectivity index (χ1) is 8.93. The highest BCUT2D eigenvalue weighted by Crippen LogP contribution is 2.28. The molecule has 1 aromatic carbocycles. The molecular weight excluding hydrogens is 264 g/mol. The molecule has 5 heteroatoms. The molecule has 19 heavy (non-hydrogen) atoms. The van der Waals surface area contributed by atoms with E-state index in [1.54, 1.807) is 17.7 Å². The topological polar surface area (TPSA) is 55.1 Å². The SMILES string of the molecule is Cc1nn(-c2ccccc2Cl)c(C)c1C(C)C(=O)O. The van der Waals surface area contributed by atoms with Crippen molar-refractivity contribution in [2.75, 3.05) is 0 Å². The Hall–Kier alpha value is -1.81. The van der Waals surface area contributed by atoms with Crippen LogP contribution in [0.15, 0.2) is 24.3 Å². The van der Waals surface area contributed by atoms with Gasteiger partial charge in [-0.05, 0) is 32.9 Å². The van der Waals surface area contributed by atoms with E-state index >= 15 is 0 Å². The largest absolute Gasteiger partial charge is 0.481 e. The first-order valence-electron chi connectivity index (χ1n) is 5.97. The van der Waals surface area contributed by atoms with Crippen LogP contribution in [-0.2, 0) is 4.79 Å². The van der Waals surface area contributed by atoms with Gasteiger partial charge in [-0.1, -0.05) is 23.7 Å². The number of hydrogen-bond donors (Lipinski definition) is 1. The van der Waals surface area contributed by atoms with Crippen LogP contribution >= 0.6 is 11.6 Å². The van der Waals surface area contributed by atoms with Crippen LogP contribution in [0.4, 0.5) is 0 Å². The van der Waals surface area contributed by atoms with E-state index in [-0.39, 0.29) is 0 Å².